The number of fused-ring (bicyclic) bond motifs is 1. The van der Waals surface area contributed by atoms with Crippen molar-refractivity contribution in [1.82, 2.24) is 20.3 Å². The Morgan fingerprint density at radius 3 is 2.77 bits per heavy atom. The minimum Gasteiger partial charge on any atom is -0.350 e. The predicted molar refractivity (Wildman–Crippen MR) is 85.2 cm³/mol. The van der Waals surface area contributed by atoms with E-state index in [0.29, 0.717) is 12.8 Å². The molecule has 3 rings (SSSR count). The van der Waals surface area contributed by atoms with Gasteiger partial charge >= 0.3 is 0 Å². The molecular formula is C17H18N4O. The SMILES string of the molecule is CC(NC(=O)CCc1nc2ccccc2[nH]1)c1ccncc1. The van der Waals surface area contributed by atoms with Crippen molar-refractivity contribution in [2.45, 2.75) is 25.8 Å². The number of amides is 1. The van der Waals surface area contributed by atoms with Crippen LogP contribution in [0.2, 0.25) is 0 Å². The smallest absolute Gasteiger partial charge is 0.220 e. The number of nitrogens with zero attached hydrogens (tertiary/aromatic N) is 2. The molecule has 0 bridgehead atoms. The Kier molecular flexibility index (Phi) is 4.14. The molecule has 1 amide bonds. The molecule has 0 aliphatic rings. The van der Waals surface area contributed by atoms with E-state index >= 15 is 0 Å². The predicted octanol–water partition coefficient (Wildman–Crippen LogP) is 2.77. The summed E-state index contributed by atoms with van der Waals surface area (Å²) in [6, 6.07) is 11.7. The number of aryl methyl sites for hydroxylation is 1. The highest BCUT2D eigenvalue weighted by Gasteiger charge is 2.10. The van der Waals surface area contributed by atoms with E-state index in [2.05, 4.69) is 20.3 Å². The molecule has 112 valence electrons. The maximum atomic E-state index is 12.0. The highest BCUT2D eigenvalue weighted by molar-refractivity contribution is 5.77. The number of nitrogens with one attached hydrogen (secondary N) is 2. The van der Waals surface area contributed by atoms with Crippen molar-refractivity contribution in [2.24, 2.45) is 0 Å². The summed E-state index contributed by atoms with van der Waals surface area (Å²) in [5, 5.41) is 2.99. The van der Waals surface area contributed by atoms with Crippen LogP contribution in [0, 0.1) is 0 Å². The Labute approximate surface area is 128 Å². The van der Waals surface area contributed by atoms with E-state index in [9.17, 15) is 4.79 Å². The van der Waals surface area contributed by atoms with Gasteiger partial charge in [0, 0.05) is 25.2 Å². The van der Waals surface area contributed by atoms with E-state index in [0.717, 1.165) is 22.4 Å². The van der Waals surface area contributed by atoms with Crippen molar-refractivity contribution >= 4 is 16.9 Å². The summed E-state index contributed by atoms with van der Waals surface area (Å²) in [4.78, 5) is 23.7. The third-order valence-electron chi connectivity index (χ3n) is 3.61. The van der Waals surface area contributed by atoms with Crippen LogP contribution in [0.25, 0.3) is 11.0 Å². The number of carbonyl (C=O) groups is 1. The number of benzene rings is 1. The first-order valence-electron chi connectivity index (χ1n) is 7.35. The second-order valence-electron chi connectivity index (χ2n) is 5.27. The molecule has 1 aromatic carbocycles. The van der Waals surface area contributed by atoms with Gasteiger partial charge in [-0.15, -0.1) is 0 Å². The van der Waals surface area contributed by atoms with Crippen LogP contribution in [0.3, 0.4) is 0 Å². The molecule has 5 nitrogen and oxygen atoms in total. The van der Waals surface area contributed by atoms with Gasteiger partial charge in [0.25, 0.3) is 0 Å². The third kappa shape index (κ3) is 3.31. The lowest BCUT2D eigenvalue weighted by molar-refractivity contribution is -0.121. The highest BCUT2D eigenvalue weighted by Crippen LogP contribution is 2.13. The quantitative estimate of drug-likeness (QED) is 0.760. The maximum Gasteiger partial charge on any atom is 0.220 e. The molecule has 2 heterocycles. The Hall–Kier alpha value is -2.69. The first kappa shape index (κ1) is 14.3. The van der Waals surface area contributed by atoms with Crippen LogP contribution in [-0.4, -0.2) is 20.9 Å². The number of imidazole rings is 1. The first-order valence-corrected chi connectivity index (χ1v) is 7.35. The molecule has 1 unspecified atom stereocenters. The largest absolute Gasteiger partial charge is 0.350 e. The monoisotopic (exact) mass is 294 g/mol. The van der Waals surface area contributed by atoms with Gasteiger partial charge in [0.1, 0.15) is 5.82 Å². The molecule has 0 fully saturated rings. The normalized spacial score (nSPS) is 12.2. The Bertz CT molecular complexity index is 733. The molecule has 3 aromatic rings. The zero-order chi connectivity index (χ0) is 15.4. The minimum atomic E-state index is -0.0221. The van der Waals surface area contributed by atoms with Crippen LogP contribution >= 0.6 is 0 Å². The molecule has 2 aromatic heterocycles. The fraction of sp³-hybridized carbons (Fsp3) is 0.235. The molecule has 0 spiro atoms. The number of aromatic amines is 1. The van der Waals surface area contributed by atoms with Crippen molar-refractivity contribution in [1.29, 1.82) is 0 Å². The second-order valence-corrected chi connectivity index (χ2v) is 5.27. The van der Waals surface area contributed by atoms with Crippen LogP contribution in [-0.2, 0) is 11.2 Å². The molecular weight excluding hydrogens is 276 g/mol. The van der Waals surface area contributed by atoms with E-state index in [4.69, 9.17) is 0 Å². The van der Waals surface area contributed by atoms with E-state index in [-0.39, 0.29) is 11.9 Å². The molecule has 22 heavy (non-hydrogen) atoms. The van der Waals surface area contributed by atoms with Crippen molar-refractivity contribution in [2.75, 3.05) is 0 Å². The number of para-hydroxylation sites is 2. The standard InChI is InChI=1S/C17H18N4O/c1-12(13-8-10-18-11-9-13)19-17(22)7-6-16-20-14-4-2-3-5-15(14)21-16/h2-5,8-12H,6-7H2,1H3,(H,19,22)(H,20,21). The van der Waals surface area contributed by atoms with Crippen LogP contribution < -0.4 is 5.32 Å². The summed E-state index contributed by atoms with van der Waals surface area (Å²) in [5.74, 6) is 0.859. The zero-order valence-corrected chi connectivity index (χ0v) is 12.4. The fourth-order valence-corrected chi connectivity index (χ4v) is 2.41. The van der Waals surface area contributed by atoms with Gasteiger partial charge in [0.2, 0.25) is 5.91 Å². The van der Waals surface area contributed by atoms with Crippen LogP contribution in [0.4, 0.5) is 0 Å². The molecule has 1 atom stereocenters. The van der Waals surface area contributed by atoms with Gasteiger partial charge in [0.15, 0.2) is 0 Å². The van der Waals surface area contributed by atoms with Gasteiger partial charge in [-0.2, -0.15) is 0 Å². The maximum absolute atomic E-state index is 12.0. The lowest BCUT2D eigenvalue weighted by Crippen LogP contribution is -2.26. The Morgan fingerprint density at radius 2 is 2.00 bits per heavy atom. The Balaban J connectivity index is 1.56. The summed E-state index contributed by atoms with van der Waals surface area (Å²) >= 11 is 0. The number of hydrogen-bond acceptors (Lipinski definition) is 3. The number of hydrogen-bond donors (Lipinski definition) is 2. The van der Waals surface area contributed by atoms with E-state index in [1.54, 1.807) is 12.4 Å². The minimum absolute atomic E-state index is 0.0183. The summed E-state index contributed by atoms with van der Waals surface area (Å²) in [6.07, 6.45) is 4.47. The molecule has 0 radical (unpaired) electrons. The fourth-order valence-electron chi connectivity index (χ4n) is 2.41. The van der Waals surface area contributed by atoms with Gasteiger partial charge in [0.05, 0.1) is 17.1 Å². The number of pyridine rings is 1. The lowest BCUT2D eigenvalue weighted by atomic mass is 10.1. The molecule has 0 aliphatic heterocycles. The topological polar surface area (TPSA) is 70.7 Å². The van der Waals surface area contributed by atoms with Gasteiger partial charge in [-0.3, -0.25) is 9.78 Å². The molecule has 2 N–H and O–H groups in total. The number of aromatic nitrogens is 3. The third-order valence-corrected chi connectivity index (χ3v) is 3.61. The van der Waals surface area contributed by atoms with Gasteiger partial charge in [-0.05, 0) is 36.8 Å². The van der Waals surface area contributed by atoms with Gasteiger partial charge < -0.3 is 10.3 Å². The van der Waals surface area contributed by atoms with E-state index in [1.165, 1.54) is 0 Å². The summed E-state index contributed by atoms with van der Waals surface area (Å²) < 4.78 is 0. The first-order chi connectivity index (χ1) is 10.7. The number of H-pyrrole nitrogens is 1. The summed E-state index contributed by atoms with van der Waals surface area (Å²) in [7, 11) is 0. The highest BCUT2D eigenvalue weighted by atomic mass is 16.1. The van der Waals surface area contributed by atoms with Crippen molar-refractivity contribution in [3.63, 3.8) is 0 Å². The van der Waals surface area contributed by atoms with Crippen LogP contribution in [0.1, 0.15) is 30.8 Å². The molecule has 0 aliphatic carbocycles. The second kappa shape index (κ2) is 6.39. The zero-order valence-electron chi connectivity index (χ0n) is 12.4. The molecule has 0 saturated heterocycles. The van der Waals surface area contributed by atoms with Gasteiger partial charge in [-0.1, -0.05) is 12.1 Å². The van der Waals surface area contributed by atoms with Gasteiger partial charge in [-0.25, -0.2) is 4.98 Å². The molecule has 5 heteroatoms. The van der Waals surface area contributed by atoms with Crippen molar-refractivity contribution in [3.05, 3.63) is 60.2 Å². The number of carbonyl (C=O) groups excluding carboxylic acids is 1. The van der Waals surface area contributed by atoms with E-state index < -0.39 is 0 Å². The van der Waals surface area contributed by atoms with Crippen molar-refractivity contribution < 1.29 is 4.79 Å². The summed E-state index contributed by atoms with van der Waals surface area (Å²) in [5.41, 5.74) is 2.98. The lowest BCUT2D eigenvalue weighted by Gasteiger charge is -2.13. The van der Waals surface area contributed by atoms with Crippen LogP contribution in [0.15, 0.2) is 48.8 Å². The van der Waals surface area contributed by atoms with E-state index in [1.807, 2.05) is 43.3 Å². The Morgan fingerprint density at radius 1 is 1.23 bits per heavy atom. The average Bonchev–Trinajstić information content (AvgIpc) is 2.96. The molecule has 0 saturated carbocycles. The van der Waals surface area contributed by atoms with Crippen molar-refractivity contribution in [3.8, 4) is 0 Å². The number of rotatable bonds is 5. The van der Waals surface area contributed by atoms with Crippen LogP contribution in [0.5, 0.6) is 0 Å². The average molecular weight is 294 g/mol. The summed E-state index contributed by atoms with van der Waals surface area (Å²) in [6.45, 7) is 1.97.